The highest BCUT2D eigenvalue weighted by atomic mass is 127. The van der Waals surface area contributed by atoms with E-state index in [1.165, 1.54) is 75.6 Å². The molecule has 2 nitrogen and oxygen atoms in total. The van der Waals surface area contributed by atoms with Crippen LogP contribution in [0.5, 0.6) is 0 Å². The number of hydrogen-bond acceptors (Lipinski definition) is 0. The van der Waals surface area contributed by atoms with Gasteiger partial charge < -0.3 is 32.9 Å². The summed E-state index contributed by atoms with van der Waals surface area (Å²) in [5.41, 5.74) is 0.746. The van der Waals surface area contributed by atoms with E-state index in [-0.39, 0.29) is 24.0 Å². The third-order valence-corrected chi connectivity index (χ3v) is 6.08. The molecule has 1 saturated heterocycles. The summed E-state index contributed by atoms with van der Waals surface area (Å²) in [4.78, 5) is 0. The number of piperidine rings is 1. The molecular formula is C18H38IN2+. The van der Waals surface area contributed by atoms with Crippen LogP contribution in [0.3, 0.4) is 0 Å². The molecule has 0 amide bonds. The molecule has 0 aromatic carbocycles. The van der Waals surface area contributed by atoms with Crippen LogP contribution < -0.4 is 24.0 Å². The van der Waals surface area contributed by atoms with Crippen molar-refractivity contribution in [3.8, 4) is 0 Å². The van der Waals surface area contributed by atoms with Gasteiger partial charge in [0.25, 0.3) is 0 Å². The van der Waals surface area contributed by atoms with Gasteiger partial charge in [-0.25, -0.2) is 0 Å². The standard InChI is InChI=1S/C18H38N2.HI/c1-17-8-6-9-18(16-17)10-14-20(5,15-11-18)13-7-12-19(2,3)4;/h17H,6-16H2,1-5H3;1H/q+2;/p-1. The number of likely N-dealkylation sites (tertiary alicyclic amines) is 1. The van der Waals surface area contributed by atoms with Crippen LogP contribution in [0.25, 0.3) is 0 Å². The van der Waals surface area contributed by atoms with Gasteiger partial charge in [-0.2, -0.15) is 0 Å². The van der Waals surface area contributed by atoms with Gasteiger partial charge >= 0.3 is 0 Å². The van der Waals surface area contributed by atoms with Crippen LogP contribution in [-0.2, 0) is 0 Å². The molecule has 0 aromatic heterocycles. The van der Waals surface area contributed by atoms with E-state index in [2.05, 4.69) is 35.1 Å². The van der Waals surface area contributed by atoms with E-state index >= 15 is 0 Å². The number of quaternary nitrogens is 2. The second kappa shape index (κ2) is 7.48. The van der Waals surface area contributed by atoms with Crippen LogP contribution in [0.1, 0.15) is 51.9 Å². The summed E-state index contributed by atoms with van der Waals surface area (Å²) in [5.74, 6) is 0.985. The molecule has 21 heavy (non-hydrogen) atoms. The molecule has 1 spiro atoms. The van der Waals surface area contributed by atoms with E-state index < -0.39 is 0 Å². The van der Waals surface area contributed by atoms with Crippen molar-refractivity contribution < 1.29 is 32.9 Å². The molecule has 1 saturated carbocycles. The highest BCUT2D eigenvalue weighted by Gasteiger charge is 2.42. The zero-order valence-corrected chi connectivity index (χ0v) is 17.3. The van der Waals surface area contributed by atoms with Gasteiger partial charge in [-0.05, 0) is 24.2 Å². The summed E-state index contributed by atoms with van der Waals surface area (Å²) in [6.07, 6.45) is 10.4. The van der Waals surface area contributed by atoms with Crippen LogP contribution in [0.2, 0.25) is 0 Å². The number of hydrogen-bond donors (Lipinski definition) is 0. The molecule has 0 N–H and O–H groups in total. The van der Waals surface area contributed by atoms with Crippen molar-refractivity contribution in [3.05, 3.63) is 0 Å². The van der Waals surface area contributed by atoms with Crippen molar-refractivity contribution in [2.24, 2.45) is 11.3 Å². The topological polar surface area (TPSA) is 0 Å². The molecule has 2 aliphatic rings. The Hall–Kier alpha value is 0.650. The van der Waals surface area contributed by atoms with E-state index in [1.807, 2.05) is 0 Å². The lowest BCUT2D eigenvalue weighted by Gasteiger charge is -2.49. The van der Waals surface area contributed by atoms with E-state index in [0.29, 0.717) is 0 Å². The van der Waals surface area contributed by atoms with Gasteiger partial charge in [-0.1, -0.05) is 19.8 Å². The van der Waals surface area contributed by atoms with Crippen LogP contribution >= 0.6 is 0 Å². The van der Waals surface area contributed by atoms with Crippen molar-refractivity contribution in [1.29, 1.82) is 0 Å². The molecule has 1 aliphatic carbocycles. The molecule has 1 atom stereocenters. The molecule has 1 heterocycles. The lowest BCUT2D eigenvalue weighted by atomic mass is 9.65. The third-order valence-electron chi connectivity index (χ3n) is 6.08. The highest BCUT2D eigenvalue weighted by Crippen LogP contribution is 2.47. The van der Waals surface area contributed by atoms with Crippen LogP contribution in [0.15, 0.2) is 0 Å². The quantitative estimate of drug-likeness (QED) is 0.469. The predicted molar refractivity (Wildman–Crippen MR) is 87.6 cm³/mol. The molecule has 2 rings (SSSR count). The molecule has 126 valence electrons. The number of halogens is 1. The summed E-state index contributed by atoms with van der Waals surface area (Å²) < 4.78 is 2.46. The summed E-state index contributed by atoms with van der Waals surface area (Å²) in [5, 5.41) is 0. The molecular weight excluding hydrogens is 371 g/mol. The highest BCUT2D eigenvalue weighted by molar-refractivity contribution is 4.87. The minimum absolute atomic E-state index is 0. The van der Waals surface area contributed by atoms with Gasteiger partial charge in [0.15, 0.2) is 0 Å². The van der Waals surface area contributed by atoms with E-state index in [1.54, 1.807) is 0 Å². The second-order valence-corrected chi connectivity index (χ2v) is 9.36. The van der Waals surface area contributed by atoms with Crippen molar-refractivity contribution in [2.45, 2.75) is 51.9 Å². The number of rotatable bonds is 4. The Bertz CT molecular complexity index is 314. The maximum absolute atomic E-state index is 2.51. The minimum Gasteiger partial charge on any atom is -1.00 e. The zero-order valence-electron chi connectivity index (χ0n) is 15.1. The lowest BCUT2D eigenvalue weighted by Crippen LogP contribution is -3.00. The second-order valence-electron chi connectivity index (χ2n) is 9.36. The first-order chi connectivity index (χ1) is 9.22. The first-order valence-corrected chi connectivity index (χ1v) is 8.86. The van der Waals surface area contributed by atoms with Gasteiger partial charge in [0.05, 0.1) is 54.4 Å². The fourth-order valence-corrected chi connectivity index (χ4v) is 4.62. The number of nitrogens with zero attached hydrogens (tertiary/aromatic N) is 2. The van der Waals surface area contributed by atoms with Crippen LogP contribution in [-0.4, -0.2) is 63.3 Å². The van der Waals surface area contributed by atoms with Gasteiger partial charge in [-0.3, -0.25) is 0 Å². The Balaban J connectivity index is 0.00000220. The zero-order chi connectivity index (χ0) is 14.9. The SMILES string of the molecule is CC1CCCC2(CC[N+](C)(CCC[N+](C)(C)C)CC2)C1.[I-]. The third kappa shape index (κ3) is 5.98. The minimum atomic E-state index is 0. The largest absolute Gasteiger partial charge is 1.00 e. The van der Waals surface area contributed by atoms with Crippen molar-refractivity contribution in [2.75, 3.05) is 54.4 Å². The lowest BCUT2D eigenvalue weighted by molar-refractivity contribution is -0.923. The fourth-order valence-electron chi connectivity index (χ4n) is 4.62. The Kier molecular flexibility index (Phi) is 7.02. The maximum Gasteiger partial charge on any atom is 0.0838 e. The van der Waals surface area contributed by atoms with Crippen LogP contribution in [0.4, 0.5) is 0 Å². The maximum atomic E-state index is 2.51. The predicted octanol–water partition coefficient (Wildman–Crippen LogP) is 0.524. The summed E-state index contributed by atoms with van der Waals surface area (Å²) in [6, 6.07) is 0. The average Bonchev–Trinajstić information content (AvgIpc) is 2.32. The Morgan fingerprint density at radius 2 is 1.71 bits per heavy atom. The normalized spacial score (nSPS) is 37.3. The van der Waals surface area contributed by atoms with Gasteiger partial charge in [0.1, 0.15) is 0 Å². The van der Waals surface area contributed by atoms with Crippen molar-refractivity contribution >= 4 is 0 Å². The Labute approximate surface area is 150 Å². The monoisotopic (exact) mass is 409 g/mol. The van der Waals surface area contributed by atoms with E-state index in [4.69, 9.17) is 0 Å². The molecule has 0 radical (unpaired) electrons. The Morgan fingerprint density at radius 3 is 2.24 bits per heavy atom. The van der Waals surface area contributed by atoms with E-state index in [9.17, 15) is 0 Å². The van der Waals surface area contributed by atoms with Crippen LogP contribution in [0, 0.1) is 11.3 Å². The van der Waals surface area contributed by atoms with Gasteiger partial charge in [-0.15, -0.1) is 0 Å². The summed E-state index contributed by atoms with van der Waals surface area (Å²) in [6.45, 7) is 8.05. The molecule has 1 unspecified atom stereocenters. The van der Waals surface area contributed by atoms with Gasteiger partial charge in [0.2, 0.25) is 0 Å². The first-order valence-electron chi connectivity index (χ1n) is 8.86. The molecule has 2 fully saturated rings. The molecule has 0 aromatic rings. The van der Waals surface area contributed by atoms with Crippen molar-refractivity contribution in [3.63, 3.8) is 0 Å². The molecule has 0 bridgehead atoms. The van der Waals surface area contributed by atoms with E-state index in [0.717, 1.165) is 15.8 Å². The molecule has 3 heteroatoms. The Morgan fingerprint density at radius 1 is 1.10 bits per heavy atom. The van der Waals surface area contributed by atoms with Crippen molar-refractivity contribution in [1.82, 2.24) is 0 Å². The van der Waals surface area contributed by atoms with Gasteiger partial charge in [0, 0.05) is 19.3 Å². The summed E-state index contributed by atoms with van der Waals surface area (Å²) in [7, 11) is 9.45. The fraction of sp³-hybridized carbons (Fsp3) is 1.00. The first kappa shape index (κ1) is 19.7. The molecule has 1 aliphatic heterocycles. The smallest absolute Gasteiger partial charge is 0.0838 e. The summed E-state index contributed by atoms with van der Waals surface area (Å²) >= 11 is 0. The average molecular weight is 409 g/mol.